The Balaban J connectivity index is 1.54. The minimum Gasteiger partial charge on any atom is -0.381 e. The van der Waals surface area contributed by atoms with Crippen molar-refractivity contribution >= 4 is 34.5 Å². The molecule has 0 saturated carbocycles. The number of nitrogens with one attached hydrogen (secondary N) is 2. The van der Waals surface area contributed by atoms with Crippen molar-refractivity contribution in [3.63, 3.8) is 0 Å². The highest BCUT2D eigenvalue weighted by Crippen LogP contribution is 2.28. The van der Waals surface area contributed by atoms with Crippen LogP contribution in [0, 0.1) is 11.8 Å². The number of nitrogen functional groups attached to an aromatic ring is 1. The molecule has 10 nitrogen and oxygen atoms in total. The standard InChI is InChI=1S/C28H30N8O2/c1-16(2)36-22(18(4)32-27(37)24-25(29)33-35-12-11-17(3)31-26(24)35)13-21-8-6-7-20(23(21)28(36)38)10-9-19-14-30-34(5)15-19/h6-8,11-18,31H,1-5H3,(H2,29,33)(H,32,37)/t17?,18-/m0/s1. The molecule has 4 N–H and O–H groups in total. The first kappa shape index (κ1) is 24.9. The van der Waals surface area contributed by atoms with Gasteiger partial charge in [0.15, 0.2) is 5.82 Å². The molecule has 194 valence electrons. The molecule has 4 aromatic rings. The van der Waals surface area contributed by atoms with Crippen molar-refractivity contribution in [2.45, 2.75) is 45.8 Å². The second kappa shape index (κ2) is 9.59. The maximum absolute atomic E-state index is 13.8. The first-order valence-electron chi connectivity index (χ1n) is 12.5. The first-order chi connectivity index (χ1) is 18.1. The molecule has 2 atom stereocenters. The van der Waals surface area contributed by atoms with E-state index >= 15 is 0 Å². The molecule has 38 heavy (non-hydrogen) atoms. The van der Waals surface area contributed by atoms with Crippen LogP contribution in [0.1, 0.15) is 67.0 Å². The van der Waals surface area contributed by atoms with Gasteiger partial charge in [0.05, 0.1) is 23.2 Å². The summed E-state index contributed by atoms with van der Waals surface area (Å²) in [6.45, 7) is 7.71. The molecule has 1 unspecified atom stereocenters. The van der Waals surface area contributed by atoms with Crippen molar-refractivity contribution in [3.8, 4) is 11.8 Å². The number of carbonyl (C=O) groups is 1. The predicted molar refractivity (Wildman–Crippen MR) is 149 cm³/mol. The van der Waals surface area contributed by atoms with Gasteiger partial charge in [0.25, 0.3) is 11.5 Å². The molecule has 0 spiro atoms. The van der Waals surface area contributed by atoms with E-state index in [-0.39, 0.29) is 34.9 Å². The Labute approximate surface area is 220 Å². The molecule has 5 rings (SSSR count). The van der Waals surface area contributed by atoms with Crippen molar-refractivity contribution in [1.29, 1.82) is 0 Å². The van der Waals surface area contributed by atoms with E-state index in [4.69, 9.17) is 5.73 Å². The van der Waals surface area contributed by atoms with Crippen LogP contribution in [0.5, 0.6) is 0 Å². The lowest BCUT2D eigenvalue weighted by atomic mass is 10.0. The summed E-state index contributed by atoms with van der Waals surface area (Å²) in [6, 6.07) is 6.94. The van der Waals surface area contributed by atoms with Crippen molar-refractivity contribution in [1.82, 2.24) is 29.4 Å². The summed E-state index contributed by atoms with van der Waals surface area (Å²) < 4.78 is 4.95. The number of pyridine rings is 1. The number of hydrogen-bond donors (Lipinski definition) is 3. The topological polar surface area (TPSA) is 125 Å². The number of aromatic nitrogens is 5. The zero-order valence-corrected chi connectivity index (χ0v) is 22.0. The Kier molecular flexibility index (Phi) is 6.28. The van der Waals surface area contributed by atoms with Crippen LogP contribution in [0.15, 0.2) is 47.5 Å². The second-order valence-corrected chi connectivity index (χ2v) is 9.78. The van der Waals surface area contributed by atoms with Gasteiger partial charge in [-0.3, -0.25) is 14.3 Å². The lowest BCUT2D eigenvalue weighted by Gasteiger charge is -2.24. The fourth-order valence-electron chi connectivity index (χ4n) is 4.73. The lowest BCUT2D eigenvalue weighted by Crippen LogP contribution is -2.34. The van der Waals surface area contributed by atoms with E-state index in [1.165, 1.54) is 0 Å². The Bertz CT molecular complexity index is 1710. The number of anilines is 2. The van der Waals surface area contributed by atoms with Crippen LogP contribution in [0.3, 0.4) is 0 Å². The Morgan fingerprint density at radius 1 is 1.24 bits per heavy atom. The summed E-state index contributed by atoms with van der Waals surface area (Å²) in [7, 11) is 1.83. The predicted octanol–water partition coefficient (Wildman–Crippen LogP) is 3.27. The number of hydrogen-bond acceptors (Lipinski definition) is 6. The van der Waals surface area contributed by atoms with Crippen LogP contribution in [-0.2, 0) is 7.05 Å². The van der Waals surface area contributed by atoms with Gasteiger partial charge in [0.2, 0.25) is 0 Å². The lowest BCUT2D eigenvalue weighted by molar-refractivity contribution is 0.0939. The van der Waals surface area contributed by atoms with Crippen LogP contribution in [0.4, 0.5) is 11.6 Å². The monoisotopic (exact) mass is 510 g/mol. The van der Waals surface area contributed by atoms with Crippen molar-refractivity contribution in [2.24, 2.45) is 7.05 Å². The van der Waals surface area contributed by atoms with Crippen LogP contribution in [0.2, 0.25) is 0 Å². The summed E-state index contributed by atoms with van der Waals surface area (Å²) in [5.41, 5.74) is 8.32. The molecular weight excluding hydrogens is 480 g/mol. The van der Waals surface area contributed by atoms with Gasteiger partial charge in [-0.25, -0.2) is 4.68 Å². The van der Waals surface area contributed by atoms with Gasteiger partial charge in [-0.15, -0.1) is 5.10 Å². The van der Waals surface area contributed by atoms with Crippen molar-refractivity contribution < 1.29 is 4.79 Å². The van der Waals surface area contributed by atoms with E-state index in [0.717, 1.165) is 10.9 Å². The second-order valence-electron chi connectivity index (χ2n) is 9.78. The third-order valence-electron chi connectivity index (χ3n) is 6.51. The molecule has 3 aromatic heterocycles. The number of amides is 1. The van der Waals surface area contributed by atoms with Gasteiger partial charge >= 0.3 is 0 Å². The SMILES string of the molecule is CC1C=Cn2nc(N)c(C(=O)N[C@@H](C)c3cc4cccc(C#Cc5cnn(C)c5)c4c(=O)n3C(C)C)c2N1. The molecule has 1 aliphatic rings. The van der Waals surface area contributed by atoms with E-state index in [2.05, 4.69) is 32.7 Å². The minimum absolute atomic E-state index is 0.0321. The molecule has 0 fully saturated rings. The highest BCUT2D eigenvalue weighted by atomic mass is 16.2. The molecule has 1 amide bonds. The molecule has 0 saturated heterocycles. The number of carbonyl (C=O) groups excluding carboxylic acids is 1. The highest BCUT2D eigenvalue weighted by Gasteiger charge is 2.27. The number of aryl methyl sites for hydroxylation is 1. The van der Waals surface area contributed by atoms with Gasteiger partial charge < -0.3 is 20.9 Å². The van der Waals surface area contributed by atoms with E-state index in [1.54, 1.807) is 26.3 Å². The molecule has 1 aliphatic heterocycles. The quantitative estimate of drug-likeness (QED) is 0.362. The first-order valence-corrected chi connectivity index (χ1v) is 12.5. The van der Waals surface area contributed by atoms with Crippen molar-refractivity contribution in [2.75, 3.05) is 11.1 Å². The molecular formula is C28H30N8O2. The van der Waals surface area contributed by atoms with Crippen LogP contribution >= 0.6 is 0 Å². The maximum Gasteiger partial charge on any atom is 0.260 e. The van der Waals surface area contributed by atoms with Crippen molar-refractivity contribution in [3.05, 3.63) is 75.5 Å². The summed E-state index contributed by atoms with van der Waals surface area (Å²) in [6.07, 6.45) is 7.21. The van der Waals surface area contributed by atoms with Gasteiger partial charge in [0, 0.05) is 42.8 Å². The van der Waals surface area contributed by atoms with Crippen LogP contribution in [-0.4, -0.2) is 36.1 Å². The Morgan fingerprint density at radius 3 is 2.74 bits per heavy atom. The normalized spacial score (nSPS) is 15.1. The number of rotatable bonds is 4. The van der Waals surface area contributed by atoms with Crippen LogP contribution < -0.4 is 21.9 Å². The molecule has 0 radical (unpaired) electrons. The molecule has 0 aliphatic carbocycles. The van der Waals surface area contributed by atoms with Gasteiger partial charge in [0.1, 0.15) is 11.4 Å². The minimum atomic E-state index is -0.487. The number of nitrogens with zero attached hydrogens (tertiary/aromatic N) is 5. The third-order valence-corrected chi connectivity index (χ3v) is 6.51. The maximum atomic E-state index is 13.8. The summed E-state index contributed by atoms with van der Waals surface area (Å²) >= 11 is 0. The van der Waals surface area contributed by atoms with Crippen LogP contribution in [0.25, 0.3) is 17.0 Å². The summed E-state index contributed by atoms with van der Waals surface area (Å²) in [4.78, 5) is 27.2. The van der Waals surface area contributed by atoms with Gasteiger partial charge in [-0.2, -0.15) is 5.10 Å². The molecule has 10 heteroatoms. The van der Waals surface area contributed by atoms with E-state index in [1.807, 2.05) is 71.3 Å². The molecule has 0 bridgehead atoms. The number of fused-ring (bicyclic) bond motifs is 2. The average molecular weight is 511 g/mol. The van der Waals surface area contributed by atoms with E-state index in [0.29, 0.717) is 22.5 Å². The Hall–Kier alpha value is -4.78. The zero-order valence-electron chi connectivity index (χ0n) is 22.0. The average Bonchev–Trinajstić information content (AvgIpc) is 3.43. The third kappa shape index (κ3) is 4.43. The van der Waals surface area contributed by atoms with Gasteiger partial charge in [-0.05, 0) is 51.3 Å². The number of benzene rings is 1. The fourth-order valence-corrected chi connectivity index (χ4v) is 4.73. The molecule has 1 aromatic carbocycles. The zero-order chi connectivity index (χ0) is 27.1. The smallest absolute Gasteiger partial charge is 0.260 e. The summed E-state index contributed by atoms with van der Waals surface area (Å²) in [5.74, 6) is 6.54. The van der Waals surface area contributed by atoms with E-state index < -0.39 is 6.04 Å². The molecule has 4 heterocycles. The summed E-state index contributed by atoms with van der Waals surface area (Å²) in [5, 5.41) is 15.9. The van der Waals surface area contributed by atoms with E-state index in [9.17, 15) is 9.59 Å². The fraction of sp³-hybridized carbons (Fsp3) is 0.286. The highest BCUT2D eigenvalue weighted by molar-refractivity contribution is 6.04. The Morgan fingerprint density at radius 2 is 2.03 bits per heavy atom. The largest absolute Gasteiger partial charge is 0.381 e. The van der Waals surface area contributed by atoms with Gasteiger partial charge in [-0.1, -0.05) is 24.0 Å². The number of nitrogens with two attached hydrogens (primary N) is 1.